The lowest BCUT2D eigenvalue weighted by molar-refractivity contribution is -0.296. The van der Waals surface area contributed by atoms with Crippen LogP contribution in [0, 0.1) is 11.8 Å². The standard InChI is InChI=1S/C37H49FINO9/c1-11-25-28(24-15-13-12-14-16-24)47-29-26(40(8)9)17-21(3)46-33(29)48-31-22(4)27(41)23(5)32(43)49-34(39)35(6,44)18-20(2)30(42)37(25,38)19-36(31,7)45-10/h11-16,18,21-23,26,29,31,33-34,44H,1,17,19H2,2-10H3/b20-18+,28-25-/t21-,22+,23-,26+,29-,31-,33+,34+,35+,36-,37-/m1/s1. The Hall–Kier alpha value is -2.49. The second kappa shape index (κ2) is 15.0. The predicted molar refractivity (Wildman–Crippen MR) is 190 cm³/mol. The minimum Gasteiger partial charge on any atom is -0.482 e. The van der Waals surface area contributed by atoms with Crippen LogP contribution >= 0.6 is 22.6 Å². The first-order chi connectivity index (χ1) is 22.8. The Balaban J connectivity index is 2.16. The van der Waals surface area contributed by atoms with Crippen LogP contribution in [-0.4, -0.2) is 100 Å². The van der Waals surface area contributed by atoms with Gasteiger partial charge < -0.3 is 33.7 Å². The number of fused-ring (bicyclic) bond motifs is 4. The maximum absolute atomic E-state index is 18.6. The zero-order valence-electron chi connectivity index (χ0n) is 29.7. The molecule has 0 aliphatic carbocycles. The van der Waals surface area contributed by atoms with Gasteiger partial charge in [0.25, 0.3) is 0 Å². The number of aliphatic hydroxyl groups is 1. The summed E-state index contributed by atoms with van der Waals surface area (Å²) in [6.45, 7) is 13.2. The van der Waals surface area contributed by atoms with Gasteiger partial charge in [-0.15, -0.1) is 0 Å². The van der Waals surface area contributed by atoms with Gasteiger partial charge in [0.05, 0.1) is 23.9 Å². The van der Waals surface area contributed by atoms with Gasteiger partial charge in [-0.1, -0.05) is 49.9 Å². The highest BCUT2D eigenvalue weighted by Crippen LogP contribution is 2.47. The van der Waals surface area contributed by atoms with Gasteiger partial charge in [-0.25, -0.2) is 4.39 Å². The van der Waals surface area contributed by atoms with Gasteiger partial charge in [-0.3, -0.25) is 14.4 Å². The van der Waals surface area contributed by atoms with Crippen molar-refractivity contribution in [2.75, 3.05) is 21.2 Å². The van der Waals surface area contributed by atoms with E-state index in [1.165, 1.54) is 34.0 Å². The summed E-state index contributed by atoms with van der Waals surface area (Å²) in [6, 6.07) is 8.53. The van der Waals surface area contributed by atoms with Crippen LogP contribution in [-0.2, 0) is 38.1 Å². The molecule has 0 unspecified atom stereocenters. The van der Waals surface area contributed by atoms with Crippen molar-refractivity contribution >= 4 is 45.9 Å². The number of benzene rings is 1. The number of halogens is 2. The number of hydrogen-bond acceptors (Lipinski definition) is 10. The lowest BCUT2D eigenvalue weighted by Crippen LogP contribution is -2.61. The van der Waals surface area contributed by atoms with Crippen molar-refractivity contribution in [2.24, 2.45) is 11.8 Å². The lowest BCUT2D eigenvalue weighted by Gasteiger charge is -2.50. The van der Waals surface area contributed by atoms with E-state index in [-0.39, 0.29) is 29.1 Å². The normalized spacial score (nSPS) is 42.3. The SMILES string of the molecule is C=C/C1=C(\c2ccccc2)O[C@H]2[C@@H](O[C@H](C)C[C@@H]2N(C)C)O[C@@H]2[C@@H](C)C(=O)[C@@H](C)C(=O)O[C@H](I)[C@@](C)(O)/C=C(\C)C(=O)[C@@]1(F)C[C@@]2(C)OC. The smallest absolute Gasteiger partial charge is 0.317 e. The van der Waals surface area contributed by atoms with Crippen LogP contribution in [0.25, 0.3) is 5.76 Å². The summed E-state index contributed by atoms with van der Waals surface area (Å²) < 4.78 is 49.0. The molecule has 3 aliphatic rings. The molecule has 49 heavy (non-hydrogen) atoms. The van der Waals surface area contributed by atoms with Crippen LogP contribution in [0.3, 0.4) is 0 Å². The van der Waals surface area contributed by atoms with Gasteiger partial charge in [-0.2, -0.15) is 0 Å². The van der Waals surface area contributed by atoms with E-state index < -0.39 is 75.3 Å². The van der Waals surface area contributed by atoms with Crippen molar-refractivity contribution in [1.82, 2.24) is 4.90 Å². The molecule has 11 atom stereocenters. The minimum absolute atomic E-state index is 0.0612. The van der Waals surface area contributed by atoms with Crippen molar-refractivity contribution in [3.8, 4) is 0 Å². The van der Waals surface area contributed by atoms with Gasteiger partial charge in [0.15, 0.2) is 28.1 Å². The number of cyclic esters (lactones) is 1. The number of allylic oxidation sites excluding steroid dienone is 3. The molecule has 0 radical (unpaired) electrons. The summed E-state index contributed by atoms with van der Waals surface area (Å²) in [5, 5.41) is 11.4. The maximum atomic E-state index is 18.6. The number of nitrogens with zero attached hydrogens (tertiary/aromatic N) is 1. The molecule has 0 aromatic heterocycles. The molecule has 2 bridgehead atoms. The molecule has 1 aromatic rings. The van der Waals surface area contributed by atoms with E-state index in [0.717, 1.165) is 6.08 Å². The molecule has 1 N–H and O–H groups in total. The number of rotatable bonds is 4. The van der Waals surface area contributed by atoms with E-state index in [1.807, 2.05) is 32.0 Å². The fraction of sp³-hybridized carbons (Fsp3) is 0.595. The summed E-state index contributed by atoms with van der Waals surface area (Å²) in [4.78, 5) is 44.0. The minimum atomic E-state index is -2.89. The van der Waals surface area contributed by atoms with Crippen molar-refractivity contribution in [3.63, 3.8) is 0 Å². The molecule has 0 amide bonds. The molecule has 10 nitrogen and oxygen atoms in total. The molecule has 12 heteroatoms. The zero-order chi connectivity index (χ0) is 36.6. The molecule has 270 valence electrons. The van der Waals surface area contributed by atoms with Gasteiger partial charge in [0.2, 0.25) is 5.67 Å². The van der Waals surface area contributed by atoms with E-state index in [0.29, 0.717) is 12.0 Å². The summed E-state index contributed by atoms with van der Waals surface area (Å²) in [5.41, 5.74) is -6.31. The van der Waals surface area contributed by atoms with Crippen LogP contribution in [0.2, 0.25) is 0 Å². The Kier molecular flexibility index (Phi) is 12.0. The van der Waals surface area contributed by atoms with Crippen LogP contribution < -0.4 is 0 Å². The first-order valence-corrected chi connectivity index (χ1v) is 17.7. The molecular formula is C37H49FINO9. The largest absolute Gasteiger partial charge is 0.482 e. The molecule has 1 aromatic carbocycles. The molecule has 4 rings (SSSR count). The third-order valence-electron chi connectivity index (χ3n) is 9.95. The number of ether oxygens (including phenoxy) is 5. The topological polar surface area (TPSA) is 121 Å². The second-order valence-corrected chi connectivity index (χ2v) is 15.2. The fourth-order valence-electron chi connectivity index (χ4n) is 7.08. The molecular weight excluding hydrogens is 748 g/mol. The van der Waals surface area contributed by atoms with E-state index in [2.05, 4.69) is 6.58 Å². The van der Waals surface area contributed by atoms with Gasteiger partial charge in [0.1, 0.15) is 17.3 Å². The molecule has 0 saturated carbocycles. The summed E-state index contributed by atoms with van der Waals surface area (Å²) >= 11 is 1.72. The highest BCUT2D eigenvalue weighted by atomic mass is 127. The van der Waals surface area contributed by atoms with Crippen molar-refractivity contribution in [3.05, 3.63) is 65.8 Å². The Morgan fingerprint density at radius 3 is 2.29 bits per heavy atom. The maximum Gasteiger partial charge on any atom is 0.317 e. The van der Waals surface area contributed by atoms with Crippen molar-refractivity contribution in [2.45, 2.75) is 106 Å². The molecule has 3 aliphatic heterocycles. The number of Topliss-reactive ketones (excluding diaryl/α,β-unsaturated/α-hetero) is 2. The Morgan fingerprint density at radius 2 is 1.71 bits per heavy atom. The number of carbonyl (C=O) groups excluding carboxylic acids is 3. The summed E-state index contributed by atoms with van der Waals surface area (Å²) in [6.07, 6.45) is -1.21. The van der Waals surface area contributed by atoms with Crippen LogP contribution in [0.1, 0.15) is 59.9 Å². The second-order valence-electron chi connectivity index (χ2n) is 14.1. The fourth-order valence-corrected chi connectivity index (χ4v) is 7.51. The average Bonchev–Trinajstić information content (AvgIpc) is 3.05. The van der Waals surface area contributed by atoms with Crippen LogP contribution in [0.5, 0.6) is 0 Å². The number of ketones is 2. The van der Waals surface area contributed by atoms with Gasteiger partial charge in [-0.05, 0) is 89.4 Å². The Labute approximate surface area is 302 Å². The van der Waals surface area contributed by atoms with E-state index in [9.17, 15) is 19.5 Å². The number of alkyl halides is 2. The zero-order valence-corrected chi connectivity index (χ0v) is 31.9. The Morgan fingerprint density at radius 1 is 1.08 bits per heavy atom. The summed E-state index contributed by atoms with van der Waals surface area (Å²) in [5.74, 6) is -4.75. The number of methoxy groups -OCH3 is 1. The molecule has 1 fully saturated rings. The average molecular weight is 798 g/mol. The van der Waals surface area contributed by atoms with Gasteiger partial charge in [0, 0.05) is 30.6 Å². The molecule has 1 saturated heterocycles. The van der Waals surface area contributed by atoms with E-state index >= 15 is 4.39 Å². The Bertz CT molecular complexity index is 1500. The quantitative estimate of drug-likeness (QED) is 0.185. The van der Waals surface area contributed by atoms with Crippen molar-refractivity contribution < 1.29 is 47.6 Å². The number of esters is 1. The van der Waals surface area contributed by atoms with Crippen LogP contribution in [0.4, 0.5) is 4.39 Å². The van der Waals surface area contributed by atoms with Gasteiger partial charge >= 0.3 is 5.97 Å². The summed E-state index contributed by atoms with van der Waals surface area (Å²) in [7, 11) is 5.14. The van der Waals surface area contributed by atoms with Crippen molar-refractivity contribution in [1.29, 1.82) is 0 Å². The third-order valence-corrected chi connectivity index (χ3v) is 11.5. The number of carbonyl (C=O) groups is 3. The highest BCUT2D eigenvalue weighted by molar-refractivity contribution is 14.1. The van der Waals surface area contributed by atoms with E-state index in [1.54, 1.807) is 60.7 Å². The molecule has 0 spiro atoms. The highest BCUT2D eigenvalue weighted by Gasteiger charge is 2.57. The molecule has 3 heterocycles. The first kappa shape index (κ1) is 39.3. The lowest BCUT2D eigenvalue weighted by atomic mass is 9.72. The van der Waals surface area contributed by atoms with Crippen LogP contribution in [0.15, 0.2) is 60.2 Å². The predicted octanol–water partition coefficient (Wildman–Crippen LogP) is 5.36. The van der Waals surface area contributed by atoms with E-state index in [4.69, 9.17) is 23.7 Å². The first-order valence-electron chi connectivity index (χ1n) is 16.5. The monoisotopic (exact) mass is 797 g/mol. The number of likely N-dealkylation sites (N-methyl/N-ethyl adjacent to an activating group) is 1. The number of hydrogen-bond donors (Lipinski definition) is 1. The third kappa shape index (κ3) is 7.74.